The Kier molecular flexibility index (Phi) is 9.57. The first-order chi connectivity index (χ1) is 18.2. The van der Waals surface area contributed by atoms with Gasteiger partial charge >= 0.3 is 13.3 Å². The van der Waals surface area contributed by atoms with Gasteiger partial charge in [0.2, 0.25) is 11.7 Å². The molecule has 2 amide bonds. The highest BCUT2D eigenvalue weighted by atomic mass is 19.4. The summed E-state index contributed by atoms with van der Waals surface area (Å²) in [6.07, 6.45) is -3.74. The molecule has 0 saturated carbocycles. The number of halogens is 3. The van der Waals surface area contributed by atoms with Crippen LogP contribution in [-0.2, 0) is 25.0 Å². The summed E-state index contributed by atoms with van der Waals surface area (Å²) < 4.78 is 62.1. The van der Waals surface area contributed by atoms with E-state index in [-0.39, 0.29) is 19.6 Å². The van der Waals surface area contributed by atoms with Crippen molar-refractivity contribution in [2.24, 2.45) is 0 Å². The van der Waals surface area contributed by atoms with E-state index in [4.69, 9.17) is 18.8 Å². The van der Waals surface area contributed by atoms with Gasteiger partial charge in [0.25, 0.3) is 5.91 Å². The predicted octanol–water partition coefficient (Wildman–Crippen LogP) is 2.83. The van der Waals surface area contributed by atoms with Crippen LogP contribution in [0.25, 0.3) is 0 Å². The van der Waals surface area contributed by atoms with Gasteiger partial charge in [0.05, 0.1) is 30.4 Å². The number of alkyl halides is 3. The Morgan fingerprint density at radius 1 is 1.05 bits per heavy atom. The minimum Gasteiger partial charge on any atom is -0.494 e. The van der Waals surface area contributed by atoms with Crippen molar-refractivity contribution in [3.05, 3.63) is 54.1 Å². The first kappa shape index (κ1) is 30.3. The SMILES string of the molecule is COCC(NC(=O)c1ccnc(C(F)(F)F)n1)C(=O)NC(CCOc1ccccc1)B1OC(C)(C)C(C)(C)O1. The zero-order valence-electron chi connectivity index (χ0n) is 22.4. The van der Waals surface area contributed by atoms with Gasteiger partial charge in [0.1, 0.15) is 17.5 Å². The van der Waals surface area contributed by atoms with Gasteiger partial charge in [-0.05, 0) is 45.9 Å². The Labute approximate surface area is 225 Å². The summed E-state index contributed by atoms with van der Waals surface area (Å²) in [6.45, 7) is 7.44. The highest BCUT2D eigenvalue weighted by Crippen LogP contribution is 2.38. The van der Waals surface area contributed by atoms with E-state index < -0.39 is 59.8 Å². The third-order valence-corrected chi connectivity index (χ3v) is 6.47. The number of rotatable bonds is 11. The highest BCUT2D eigenvalue weighted by Gasteiger charge is 2.54. The predicted molar refractivity (Wildman–Crippen MR) is 135 cm³/mol. The summed E-state index contributed by atoms with van der Waals surface area (Å²) in [5.74, 6) is -3.19. The average Bonchev–Trinajstić information content (AvgIpc) is 3.09. The number of nitrogens with zero attached hydrogens (tertiary/aromatic N) is 2. The normalized spacial score (nSPS) is 17.8. The van der Waals surface area contributed by atoms with E-state index in [2.05, 4.69) is 20.6 Å². The molecular weight excluding hydrogens is 520 g/mol. The Bertz CT molecular complexity index is 1120. The molecule has 2 aromatic rings. The number of aromatic nitrogens is 2. The molecule has 1 aromatic heterocycles. The van der Waals surface area contributed by atoms with Crippen LogP contribution >= 0.6 is 0 Å². The molecule has 1 aromatic carbocycles. The molecule has 3 rings (SSSR count). The van der Waals surface area contributed by atoms with Crippen LogP contribution in [0.4, 0.5) is 13.2 Å². The summed E-state index contributed by atoms with van der Waals surface area (Å²) in [4.78, 5) is 32.4. The number of carbonyl (C=O) groups excluding carboxylic acids is 2. The molecule has 0 bridgehead atoms. The summed E-state index contributed by atoms with van der Waals surface area (Å²) >= 11 is 0. The number of hydrogen-bond acceptors (Lipinski definition) is 8. The van der Waals surface area contributed by atoms with Gasteiger partial charge in [0.15, 0.2) is 0 Å². The highest BCUT2D eigenvalue weighted by molar-refractivity contribution is 6.48. The number of nitrogens with one attached hydrogen (secondary N) is 2. The fourth-order valence-corrected chi connectivity index (χ4v) is 3.64. The van der Waals surface area contributed by atoms with Crippen molar-refractivity contribution < 1.29 is 41.5 Å². The quantitative estimate of drug-likeness (QED) is 0.409. The van der Waals surface area contributed by atoms with E-state index >= 15 is 0 Å². The van der Waals surface area contributed by atoms with Gasteiger partial charge in [-0.2, -0.15) is 13.2 Å². The molecule has 2 unspecified atom stereocenters. The zero-order chi connectivity index (χ0) is 28.8. The molecular formula is C25H32BF3N4O6. The molecule has 212 valence electrons. The van der Waals surface area contributed by atoms with E-state index in [1.54, 1.807) is 12.1 Å². The number of amides is 2. The van der Waals surface area contributed by atoms with Crippen molar-refractivity contribution in [3.8, 4) is 5.75 Å². The molecule has 1 aliphatic rings. The number of ether oxygens (including phenoxy) is 2. The maximum absolute atomic E-state index is 13.3. The number of benzene rings is 1. The van der Waals surface area contributed by atoms with Gasteiger partial charge < -0.3 is 29.4 Å². The molecule has 2 N–H and O–H groups in total. The van der Waals surface area contributed by atoms with Gasteiger partial charge in [-0.25, -0.2) is 9.97 Å². The first-order valence-corrected chi connectivity index (χ1v) is 12.3. The van der Waals surface area contributed by atoms with Crippen molar-refractivity contribution in [2.75, 3.05) is 20.3 Å². The summed E-state index contributed by atoms with van der Waals surface area (Å²) in [6, 6.07) is 8.86. The Morgan fingerprint density at radius 2 is 1.69 bits per heavy atom. The number of methoxy groups -OCH3 is 1. The number of hydrogen-bond donors (Lipinski definition) is 2. The van der Waals surface area contributed by atoms with Crippen molar-refractivity contribution in [3.63, 3.8) is 0 Å². The lowest BCUT2D eigenvalue weighted by atomic mass is 9.76. The molecule has 2 atom stereocenters. The van der Waals surface area contributed by atoms with Crippen LogP contribution in [0.15, 0.2) is 42.6 Å². The lowest BCUT2D eigenvalue weighted by Crippen LogP contribution is -2.56. The largest absolute Gasteiger partial charge is 0.494 e. The van der Waals surface area contributed by atoms with Crippen molar-refractivity contribution >= 4 is 18.9 Å². The van der Waals surface area contributed by atoms with Gasteiger partial charge in [-0.3, -0.25) is 9.59 Å². The standard InChI is InChI=1S/C25H32BF3N4O6/c1-23(2)24(3,4)39-26(38-23)19(12-14-37-16-9-7-6-8-10-16)33-21(35)18(15-36-5)31-20(34)17-11-13-30-22(32-17)25(27,28)29/h6-11,13,18-19H,12,14-15H2,1-5H3,(H,31,34)(H,33,35). The smallest absolute Gasteiger partial charge is 0.481 e. The molecule has 0 aliphatic carbocycles. The molecule has 1 saturated heterocycles. The van der Waals surface area contributed by atoms with E-state index in [9.17, 15) is 22.8 Å². The molecule has 39 heavy (non-hydrogen) atoms. The van der Waals surface area contributed by atoms with Crippen LogP contribution in [0.2, 0.25) is 0 Å². The first-order valence-electron chi connectivity index (χ1n) is 12.3. The fourth-order valence-electron chi connectivity index (χ4n) is 3.64. The third-order valence-electron chi connectivity index (χ3n) is 6.47. The van der Waals surface area contributed by atoms with Crippen LogP contribution in [-0.4, -0.2) is 72.4 Å². The monoisotopic (exact) mass is 552 g/mol. The van der Waals surface area contributed by atoms with Crippen LogP contribution in [0.3, 0.4) is 0 Å². The van der Waals surface area contributed by atoms with Gasteiger partial charge in [-0.1, -0.05) is 18.2 Å². The molecule has 1 aliphatic heterocycles. The average molecular weight is 552 g/mol. The second-order valence-electron chi connectivity index (χ2n) is 9.93. The molecule has 14 heteroatoms. The third kappa shape index (κ3) is 7.90. The van der Waals surface area contributed by atoms with Crippen LogP contribution in [0, 0.1) is 0 Å². The van der Waals surface area contributed by atoms with Crippen LogP contribution < -0.4 is 15.4 Å². The maximum atomic E-state index is 13.3. The zero-order valence-corrected chi connectivity index (χ0v) is 22.4. The van der Waals surface area contributed by atoms with Crippen LogP contribution in [0.1, 0.15) is 50.4 Å². The van der Waals surface area contributed by atoms with Crippen molar-refractivity contribution in [1.82, 2.24) is 20.6 Å². The Hall–Kier alpha value is -3.23. The summed E-state index contributed by atoms with van der Waals surface area (Å²) in [5.41, 5.74) is -1.90. The lowest BCUT2D eigenvalue weighted by Gasteiger charge is -2.32. The van der Waals surface area contributed by atoms with E-state index in [1.807, 2.05) is 45.9 Å². The second kappa shape index (κ2) is 12.3. The fraction of sp³-hybridized carbons (Fsp3) is 0.520. The molecule has 0 spiro atoms. The van der Waals surface area contributed by atoms with Crippen molar-refractivity contribution in [2.45, 2.75) is 63.5 Å². The second-order valence-corrected chi connectivity index (χ2v) is 9.93. The van der Waals surface area contributed by atoms with Gasteiger partial charge in [0, 0.05) is 19.7 Å². The summed E-state index contributed by atoms with van der Waals surface area (Å²) in [5, 5.41) is 5.20. The van der Waals surface area contributed by atoms with Crippen molar-refractivity contribution in [1.29, 1.82) is 0 Å². The minimum atomic E-state index is -4.84. The molecule has 0 radical (unpaired) electrons. The molecule has 1 fully saturated rings. The minimum absolute atomic E-state index is 0.210. The number of carbonyl (C=O) groups is 2. The van der Waals surface area contributed by atoms with E-state index in [0.717, 1.165) is 12.3 Å². The molecule has 2 heterocycles. The number of para-hydroxylation sites is 1. The molecule has 10 nitrogen and oxygen atoms in total. The van der Waals surface area contributed by atoms with E-state index in [0.29, 0.717) is 5.75 Å². The Morgan fingerprint density at radius 3 is 2.28 bits per heavy atom. The summed E-state index contributed by atoms with van der Waals surface area (Å²) in [7, 11) is 0.478. The van der Waals surface area contributed by atoms with Crippen LogP contribution in [0.5, 0.6) is 5.75 Å². The van der Waals surface area contributed by atoms with Gasteiger partial charge in [-0.15, -0.1) is 0 Å². The topological polar surface area (TPSA) is 121 Å². The lowest BCUT2D eigenvalue weighted by molar-refractivity contribution is -0.145. The maximum Gasteiger partial charge on any atom is 0.481 e. The Balaban J connectivity index is 1.74. The van der Waals surface area contributed by atoms with E-state index in [1.165, 1.54) is 7.11 Å².